The van der Waals surface area contributed by atoms with Gasteiger partial charge >= 0.3 is 0 Å². The van der Waals surface area contributed by atoms with Crippen LogP contribution in [0.1, 0.15) is 20.8 Å². The zero-order chi connectivity index (χ0) is 8.12. The van der Waals surface area contributed by atoms with Crippen molar-refractivity contribution in [1.82, 2.24) is 0 Å². The molecule has 5 heteroatoms. The van der Waals surface area contributed by atoms with Gasteiger partial charge in [-0.25, -0.2) is 0 Å². The van der Waals surface area contributed by atoms with Crippen LogP contribution in [0.5, 0.6) is 0 Å². The Morgan fingerprint density at radius 2 is 0.727 bits per heavy atom. The molecule has 0 aromatic heterocycles. The normalized spacial score (nSPS) is 4.91. The van der Waals surface area contributed by atoms with Crippen LogP contribution in [0.15, 0.2) is 0 Å². The fourth-order valence-corrected chi connectivity index (χ4v) is 0. The van der Waals surface area contributed by atoms with Gasteiger partial charge < -0.3 is 20.8 Å². The summed E-state index contributed by atoms with van der Waals surface area (Å²) >= 11 is 0. The molecule has 0 aliphatic rings. The Morgan fingerprint density at radius 3 is 0.727 bits per heavy atom. The molecule has 0 saturated carbocycles. The summed E-state index contributed by atoms with van der Waals surface area (Å²) in [6, 6.07) is 0. The summed E-state index contributed by atoms with van der Waals surface area (Å²) in [6.45, 7) is 4.71. The van der Waals surface area contributed by atoms with E-state index in [2.05, 4.69) is 0 Å². The van der Waals surface area contributed by atoms with E-state index in [1.807, 2.05) is 0 Å². The van der Waals surface area contributed by atoms with Crippen LogP contribution in [0.25, 0.3) is 0 Å². The predicted molar refractivity (Wildman–Crippen MR) is 35.2 cm³/mol. The summed E-state index contributed by atoms with van der Waals surface area (Å²) in [4.78, 5) is 0. The minimum atomic E-state index is 0. The maximum Gasteiger partial charge on any atom is 0 e. The van der Waals surface area contributed by atoms with Crippen LogP contribution < -0.4 is 15.3 Å². The van der Waals surface area contributed by atoms with E-state index in [1.165, 1.54) is 0 Å². The van der Waals surface area contributed by atoms with E-state index in [-0.39, 0.29) is 43.9 Å². The van der Waals surface area contributed by atoms with Crippen molar-refractivity contribution < 1.29 is 39.4 Å². The summed E-state index contributed by atoms with van der Waals surface area (Å²) in [7, 11) is 0. The molecule has 0 fully saturated rings. The first kappa shape index (κ1) is 30.1. The van der Waals surface area contributed by atoms with Gasteiger partial charge in [-0.3, -0.25) is 0 Å². The summed E-state index contributed by atoms with van der Waals surface area (Å²) in [5.74, 6) is 0. The van der Waals surface area contributed by atoms with Gasteiger partial charge in [0.2, 0.25) is 0 Å². The summed E-state index contributed by atoms with van der Waals surface area (Å²) in [6.07, 6.45) is 0. The number of hydrogen-bond donors (Lipinski definition) is 0. The summed E-state index contributed by atoms with van der Waals surface area (Å²) in [5, 5.41) is 26.8. The van der Waals surface area contributed by atoms with Gasteiger partial charge in [0.05, 0.1) is 0 Å². The average Bonchev–Trinajstić information content (AvgIpc) is 1.70. The van der Waals surface area contributed by atoms with Gasteiger partial charge in [-0.15, -0.1) is 19.8 Å². The first-order valence-corrected chi connectivity index (χ1v) is 2.99. The molecule has 0 aromatic rings. The standard InChI is InChI=1S/3C2H5O.H2O.V/c3*1-2-3;;/h3*2H2,1H3;1H2;/q3*-1;;. The third kappa shape index (κ3) is 4110. The molecule has 2 N–H and O–H groups in total. The summed E-state index contributed by atoms with van der Waals surface area (Å²) in [5.41, 5.74) is 0. The molecule has 0 aromatic carbocycles. The Bertz CT molecular complexity index is 19.3. The molecule has 11 heavy (non-hydrogen) atoms. The largest absolute Gasteiger partial charge is 0.855 e. The molecule has 0 unspecified atom stereocenters. The Labute approximate surface area is 80.4 Å². The van der Waals surface area contributed by atoms with Crippen LogP contribution in [-0.2, 0) is 18.6 Å². The zero-order valence-electron chi connectivity index (χ0n) is 7.29. The maximum absolute atomic E-state index is 8.93. The maximum atomic E-state index is 8.93. The smallest absolute Gasteiger partial charge is 0 e. The van der Waals surface area contributed by atoms with Gasteiger partial charge in [0.15, 0.2) is 0 Å². The minimum Gasteiger partial charge on any atom is -0.855 e. The van der Waals surface area contributed by atoms with E-state index < -0.39 is 0 Å². The topological polar surface area (TPSA) is 101 Å². The van der Waals surface area contributed by atoms with Crippen LogP contribution in [-0.4, -0.2) is 25.3 Å². The van der Waals surface area contributed by atoms with Crippen molar-refractivity contribution in [3.63, 3.8) is 0 Å². The second kappa shape index (κ2) is 79.0. The molecule has 0 aliphatic heterocycles. The minimum absolute atomic E-state index is 0. The quantitative estimate of drug-likeness (QED) is 0.428. The first-order chi connectivity index (χ1) is 4.24. The van der Waals surface area contributed by atoms with Crippen LogP contribution in [0, 0.1) is 0 Å². The van der Waals surface area contributed by atoms with Crippen LogP contribution in [0.4, 0.5) is 0 Å². The van der Waals surface area contributed by atoms with Crippen molar-refractivity contribution in [2.75, 3.05) is 19.8 Å². The first-order valence-electron chi connectivity index (χ1n) is 2.99. The van der Waals surface area contributed by atoms with Gasteiger partial charge in [0.1, 0.15) is 0 Å². The molecule has 73 valence electrons. The second-order valence-corrected chi connectivity index (χ2v) is 0.866. The number of rotatable bonds is 0. The van der Waals surface area contributed by atoms with E-state index in [0.29, 0.717) is 0 Å². The van der Waals surface area contributed by atoms with E-state index in [4.69, 9.17) is 15.3 Å². The molecule has 0 rings (SSSR count). The van der Waals surface area contributed by atoms with Gasteiger partial charge in [-0.2, -0.15) is 0 Å². The average molecular weight is 204 g/mol. The van der Waals surface area contributed by atoms with Gasteiger partial charge in [0, 0.05) is 18.6 Å². The van der Waals surface area contributed by atoms with E-state index >= 15 is 0 Å². The van der Waals surface area contributed by atoms with Crippen molar-refractivity contribution in [1.29, 1.82) is 0 Å². The Kier molecular flexibility index (Phi) is 216. The van der Waals surface area contributed by atoms with Gasteiger partial charge in [-0.1, -0.05) is 20.8 Å². The number of hydrogen-bond acceptors (Lipinski definition) is 3. The molecule has 1 radical (unpaired) electrons. The van der Waals surface area contributed by atoms with Crippen LogP contribution in [0.2, 0.25) is 0 Å². The second-order valence-electron chi connectivity index (χ2n) is 0.866. The Balaban J connectivity index is -0.0000000150. The molecular weight excluding hydrogens is 187 g/mol. The molecule has 0 amide bonds. The van der Waals surface area contributed by atoms with Crippen molar-refractivity contribution in [2.45, 2.75) is 20.8 Å². The fraction of sp³-hybridized carbons (Fsp3) is 1.00. The molecule has 0 aliphatic carbocycles. The van der Waals surface area contributed by atoms with Crippen molar-refractivity contribution in [3.8, 4) is 0 Å². The van der Waals surface area contributed by atoms with Crippen molar-refractivity contribution >= 4 is 0 Å². The Morgan fingerprint density at radius 1 is 0.727 bits per heavy atom. The molecule has 0 atom stereocenters. The van der Waals surface area contributed by atoms with Crippen LogP contribution in [0.3, 0.4) is 0 Å². The third-order valence-electron chi connectivity index (χ3n) is 0. The molecular formula is C6H17O4V-3. The molecule has 0 heterocycles. The molecule has 0 saturated heterocycles. The van der Waals surface area contributed by atoms with E-state index in [0.717, 1.165) is 0 Å². The summed E-state index contributed by atoms with van der Waals surface area (Å²) < 4.78 is 0. The SMILES string of the molecule is CC[O-].CC[O-].CC[O-].O.[V]. The third-order valence-corrected chi connectivity index (χ3v) is 0. The zero-order valence-corrected chi connectivity index (χ0v) is 8.69. The van der Waals surface area contributed by atoms with Crippen LogP contribution >= 0.6 is 0 Å². The monoisotopic (exact) mass is 204 g/mol. The van der Waals surface area contributed by atoms with Gasteiger partial charge in [0.25, 0.3) is 0 Å². The van der Waals surface area contributed by atoms with Crippen molar-refractivity contribution in [2.24, 2.45) is 0 Å². The van der Waals surface area contributed by atoms with Crippen molar-refractivity contribution in [3.05, 3.63) is 0 Å². The predicted octanol–water partition coefficient (Wildman–Crippen LogP) is -2.73. The Hall–Kier alpha value is 0.424. The fourth-order valence-electron chi connectivity index (χ4n) is 0. The van der Waals surface area contributed by atoms with Gasteiger partial charge in [-0.05, 0) is 0 Å². The van der Waals surface area contributed by atoms with E-state index in [9.17, 15) is 0 Å². The molecule has 4 nitrogen and oxygen atoms in total. The molecule has 0 spiro atoms. The molecule has 0 bridgehead atoms. The van der Waals surface area contributed by atoms with E-state index in [1.54, 1.807) is 20.8 Å².